The predicted octanol–water partition coefficient (Wildman–Crippen LogP) is 3.17. The Labute approximate surface area is 111 Å². The van der Waals surface area contributed by atoms with Crippen LogP contribution in [-0.4, -0.2) is 34.7 Å². The zero-order chi connectivity index (χ0) is 13.2. The van der Waals surface area contributed by atoms with Gasteiger partial charge in [0.25, 0.3) is 0 Å². The van der Waals surface area contributed by atoms with Gasteiger partial charge in [0.1, 0.15) is 5.60 Å². The molecule has 0 spiro atoms. The number of amides is 1. The van der Waals surface area contributed by atoms with Crippen molar-refractivity contribution in [1.29, 1.82) is 0 Å². The van der Waals surface area contributed by atoms with Gasteiger partial charge in [-0.25, -0.2) is 9.78 Å². The van der Waals surface area contributed by atoms with E-state index in [-0.39, 0.29) is 6.09 Å². The average Bonchev–Trinajstić information content (AvgIpc) is 2.80. The summed E-state index contributed by atoms with van der Waals surface area (Å²) in [4.78, 5) is 18.0. The first-order valence-corrected chi connectivity index (χ1v) is 6.95. The Balaban J connectivity index is 2.02. The molecule has 0 bridgehead atoms. The molecule has 0 radical (unpaired) electrons. The molecule has 1 aromatic rings. The lowest BCUT2D eigenvalue weighted by molar-refractivity contribution is 0.0273. The Hall–Kier alpha value is -1.36. The smallest absolute Gasteiger partial charge is 0.410 e. The van der Waals surface area contributed by atoms with E-state index in [4.69, 9.17) is 4.74 Å². The molecule has 0 saturated heterocycles. The number of ether oxygens (including phenoxy) is 1. The third-order valence-corrected chi connectivity index (χ3v) is 3.15. The zero-order valence-corrected chi connectivity index (χ0v) is 11.8. The van der Waals surface area contributed by atoms with E-state index in [0.29, 0.717) is 13.1 Å². The van der Waals surface area contributed by atoms with Crippen molar-refractivity contribution in [1.82, 2.24) is 9.88 Å². The molecule has 1 aliphatic heterocycles. The highest BCUT2D eigenvalue weighted by molar-refractivity contribution is 7.07. The summed E-state index contributed by atoms with van der Waals surface area (Å²) in [5.41, 5.74) is 3.43. The van der Waals surface area contributed by atoms with Crippen molar-refractivity contribution >= 4 is 23.0 Å². The Kier molecular flexibility index (Phi) is 3.71. The highest BCUT2D eigenvalue weighted by Gasteiger charge is 2.24. The minimum atomic E-state index is -0.445. The van der Waals surface area contributed by atoms with Crippen LogP contribution in [0.15, 0.2) is 17.0 Å². The first kappa shape index (κ1) is 13.1. The number of carbonyl (C=O) groups is 1. The number of rotatable bonds is 1. The second-order valence-corrected chi connectivity index (χ2v) is 6.01. The predicted molar refractivity (Wildman–Crippen MR) is 72.5 cm³/mol. The van der Waals surface area contributed by atoms with Gasteiger partial charge in [-0.05, 0) is 32.8 Å². The molecule has 1 amide bonds. The van der Waals surface area contributed by atoms with E-state index in [0.717, 1.165) is 17.7 Å². The van der Waals surface area contributed by atoms with E-state index < -0.39 is 5.60 Å². The van der Waals surface area contributed by atoms with Gasteiger partial charge >= 0.3 is 6.09 Å². The number of carbonyl (C=O) groups excluding carboxylic acids is 1. The molecule has 0 aliphatic carbocycles. The van der Waals surface area contributed by atoms with E-state index >= 15 is 0 Å². The number of nitrogens with zero attached hydrogens (tertiary/aromatic N) is 2. The summed E-state index contributed by atoms with van der Waals surface area (Å²) in [6.45, 7) is 6.94. The Bertz CT molecular complexity index is 446. The molecule has 0 N–H and O–H groups in total. The molecule has 0 atom stereocenters. The summed E-state index contributed by atoms with van der Waals surface area (Å²) in [6, 6.07) is 0. The van der Waals surface area contributed by atoms with Crippen LogP contribution in [-0.2, 0) is 4.74 Å². The van der Waals surface area contributed by atoms with Crippen LogP contribution in [0, 0.1) is 0 Å². The number of hydrogen-bond donors (Lipinski definition) is 0. The molecule has 18 heavy (non-hydrogen) atoms. The monoisotopic (exact) mass is 266 g/mol. The van der Waals surface area contributed by atoms with Crippen molar-refractivity contribution in [3.05, 3.63) is 22.7 Å². The first-order chi connectivity index (χ1) is 8.46. The van der Waals surface area contributed by atoms with E-state index in [9.17, 15) is 4.79 Å². The summed E-state index contributed by atoms with van der Waals surface area (Å²) in [5.74, 6) is 0. The average molecular weight is 266 g/mol. The molecule has 4 nitrogen and oxygen atoms in total. The van der Waals surface area contributed by atoms with Crippen LogP contribution in [0.5, 0.6) is 0 Å². The van der Waals surface area contributed by atoms with Crippen molar-refractivity contribution < 1.29 is 9.53 Å². The normalized spacial score (nSPS) is 16.4. The van der Waals surface area contributed by atoms with Gasteiger partial charge in [-0.15, -0.1) is 11.3 Å². The standard InChI is InChI=1S/C13H18N2O2S/c1-13(2,3)17-12(16)15-6-4-5-10(7-15)11-8-18-9-14-11/h5,8-9H,4,6-7H2,1-3H3. The molecule has 0 aromatic carbocycles. The van der Waals surface area contributed by atoms with Gasteiger partial charge < -0.3 is 9.64 Å². The van der Waals surface area contributed by atoms with Gasteiger partial charge in [0.05, 0.1) is 17.7 Å². The lowest BCUT2D eigenvalue weighted by atomic mass is 10.1. The lowest BCUT2D eigenvalue weighted by Gasteiger charge is -2.29. The van der Waals surface area contributed by atoms with Gasteiger partial charge in [-0.2, -0.15) is 0 Å². The molecular formula is C13H18N2O2S. The van der Waals surface area contributed by atoms with Crippen LogP contribution in [0.4, 0.5) is 4.79 Å². The Morgan fingerprint density at radius 3 is 2.89 bits per heavy atom. The second kappa shape index (κ2) is 5.10. The summed E-state index contributed by atoms with van der Waals surface area (Å²) in [5, 5.41) is 2.00. The van der Waals surface area contributed by atoms with Gasteiger partial charge in [0.2, 0.25) is 0 Å². The summed E-state index contributed by atoms with van der Waals surface area (Å²) in [7, 11) is 0. The molecule has 0 fully saturated rings. The Morgan fingerprint density at radius 2 is 2.28 bits per heavy atom. The van der Waals surface area contributed by atoms with Crippen molar-refractivity contribution in [3.63, 3.8) is 0 Å². The first-order valence-electron chi connectivity index (χ1n) is 6.01. The summed E-state index contributed by atoms with van der Waals surface area (Å²) < 4.78 is 5.38. The van der Waals surface area contributed by atoms with Gasteiger partial charge in [0, 0.05) is 11.9 Å². The number of hydrogen-bond acceptors (Lipinski definition) is 4. The molecule has 2 heterocycles. The molecule has 1 aliphatic rings. The molecule has 5 heteroatoms. The maximum Gasteiger partial charge on any atom is 0.410 e. The highest BCUT2D eigenvalue weighted by atomic mass is 32.1. The quantitative estimate of drug-likeness (QED) is 0.784. The van der Waals surface area contributed by atoms with Crippen LogP contribution < -0.4 is 0 Å². The molecule has 1 aromatic heterocycles. The minimum Gasteiger partial charge on any atom is -0.444 e. The maximum absolute atomic E-state index is 12.0. The highest BCUT2D eigenvalue weighted by Crippen LogP contribution is 2.22. The third-order valence-electron chi connectivity index (χ3n) is 2.56. The van der Waals surface area contributed by atoms with Crippen LogP contribution in [0.2, 0.25) is 0 Å². The topological polar surface area (TPSA) is 42.4 Å². The summed E-state index contributed by atoms with van der Waals surface area (Å²) >= 11 is 1.57. The molecule has 98 valence electrons. The number of thiazole rings is 1. The van der Waals surface area contributed by atoms with Crippen LogP contribution in [0.25, 0.3) is 5.57 Å². The van der Waals surface area contributed by atoms with Crippen LogP contribution >= 0.6 is 11.3 Å². The van der Waals surface area contributed by atoms with Crippen molar-refractivity contribution in [3.8, 4) is 0 Å². The van der Waals surface area contributed by atoms with Crippen molar-refractivity contribution in [2.24, 2.45) is 0 Å². The molecule has 0 saturated carbocycles. The van der Waals surface area contributed by atoms with Crippen molar-refractivity contribution in [2.75, 3.05) is 13.1 Å². The van der Waals surface area contributed by atoms with E-state index in [1.54, 1.807) is 16.2 Å². The Morgan fingerprint density at radius 1 is 1.50 bits per heavy atom. The third kappa shape index (κ3) is 3.32. The maximum atomic E-state index is 12.0. The SMILES string of the molecule is CC(C)(C)OC(=O)N1CCC=C(c2cscn2)C1. The largest absolute Gasteiger partial charge is 0.444 e. The van der Waals surface area contributed by atoms with Crippen LogP contribution in [0.1, 0.15) is 32.9 Å². The van der Waals surface area contributed by atoms with Crippen molar-refractivity contribution in [2.45, 2.75) is 32.8 Å². The summed E-state index contributed by atoms with van der Waals surface area (Å²) in [6.07, 6.45) is 2.76. The fourth-order valence-corrected chi connectivity index (χ4v) is 2.36. The fourth-order valence-electron chi connectivity index (χ4n) is 1.78. The number of aromatic nitrogens is 1. The molecule has 2 rings (SSSR count). The van der Waals surface area contributed by atoms with E-state index in [1.807, 2.05) is 31.7 Å². The van der Waals surface area contributed by atoms with Crippen LogP contribution in [0.3, 0.4) is 0 Å². The fraction of sp³-hybridized carbons (Fsp3) is 0.538. The van der Waals surface area contributed by atoms with Gasteiger partial charge in [0.15, 0.2) is 0 Å². The van der Waals surface area contributed by atoms with E-state index in [1.165, 1.54) is 0 Å². The van der Waals surface area contributed by atoms with E-state index in [2.05, 4.69) is 11.1 Å². The second-order valence-electron chi connectivity index (χ2n) is 5.29. The molecule has 0 unspecified atom stereocenters. The lowest BCUT2D eigenvalue weighted by Crippen LogP contribution is -2.39. The molecular weight excluding hydrogens is 248 g/mol. The zero-order valence-electron chi connectivity index (χ0n) is 11.0. The minimum absolute atomic E-state index is 0.247. The van der Waals surface area contributed by atoms with Gasteiger partial charge in [-0.1, -0.05) is 6.08 Å². The van der Waals surface area contributed by atoms with Gasteiger partial charge in [-0.3, -0.25) is 0 Å².